The zero-order valence-electron chi connectivity index (χ0n) is 8.64. The van der Waals surface area contributed by atoms with Crippen molar-refractivity contribution in [2.75, 3.05) is 0 Å². The van der Waals surface area contributed by atoms with Gasteiger partial charge in [-0.1, -0.05) is 0 Å². The van der Waals surface area contributed by atoms with Gasteiger partial charge in [-0.15, -0.1) is 0 Å². The van der Waals surface area contributed by atoms with Crippen LogP contribution in [0.5, 0.6) is 0 Å². The molecule has 0 radical (unpaired) electrons. The minimum atomic E-state index is -3.39. The second kappa shape index (κ2) is 5.19. The predicted molar refractivity (Wildman–Crippen MR) is 48.9 cm³/mol. The van der Waals surface area contributed by atoms with Crippen molar-refractivity contribution in [3.63, 3.8) is 0 Å². The first kappa shape index (κ1) is 15.4. The minimum absolute atomic E-state index is 0.622. The van der Waals surface area contributed by atoms with Crippen LogP contribution in [0.3, 0.4) is 0 Å². The highest BCUT2D eigenvalue weighted by atomic mass is 16.4. The van der Waals surface area contributed by atoms with Crippen molar-refractivity contribution in [3.8, 4) is 0 Å². The maximum Gasteiger partial charge on any atom is 0.346 e. The molecule has 0 aliphatic heterocycles. The second-order valence-electron chi connectivity index (χ2n) is 3.35. The van der Waals surface area contributed by atoms with Crippen LogP contribution in [0.15, 0.2) is 0 Å². The van der Waals surface area contributed by atoms with Gasteiger partial charge in [0.2, 0.25) is 5.60 Å². The van der Waals surface area contributed by atoms with Crippen molar-refractivity contribution in [3.05, 3.63) is 0 Å². The highest BCUT2D eigenvalue weighted by Crippen LogP contribution is 2.18. The molecule has 0 heterocycles. The molecule has 0 rings (SSSR count). The Bertz CT molecular complexity index is 322. The largest absolute Gasteiger partial charge is 0.479 e. The Morgan fingerprint density at radius 2 is 1.47 bits per heavy atom. The molecule has 0 aromatic rings. The molecule has 0 saturated carbocycles. The third-order valence-electron chi connectivity index (χ3n) is 2.19. The quantitative estimate of drug-likeness (QED) is 0.263. The summed E-state index contributed by atoms with van der Waals surface area (Å²) in [6.45, 7) is 0.622. The summed E-state index contributed by atoms with van der Waals surface area (Å²) in [5.74, 6) is -5.55. The van der Waals surface area contributed by atoms with Crippen LogP contribution in [0.2, 0.25) is 0 Å². The van der Waals surface area contributed by atoms with Crippen molar-refractivity contribution in [2.45, 2.75) is 30.8 Å². The van der Waals surface area contributed by atoms with Crippen LogP contribution in [-0.2, 0) is 14.4 Å². The molecule has 6 N–H and O–H groups in total. The highest BCUT2D eigenvalue weighted by Gasteiger charge is 2.53. The Kier molecular flexibility index (Phi) is 4.71. The number of carboxylic acid groups (broad SMARTS) is 2. The van der Waals surface area contributed by atoms with Crippen LogP contribution in [0.25, 0.3) is 0 Å². The topological polar surface area (TPSA) is 173 Å². The summed E-state index contributed by atoms with van der Waals surface area (Å²) in [6.07, 6.45) is -7.78. The van der Waals surface area contributed by atoms with E-state index in [1.165, 1.54) is 0 Å². The van der Waals surface area contributed by atoms with Gasteiger partial charge in [-0.25, -0.2) is 9.59 Å². The van der Waals surface area contributed by atoms with Crippen molar-refractivity contribution < 1.29 is 45.0 Å². The van der Waals surface area contributed by atoms with Crippen molar-refractivity contribution >= 4 is 17.7 Å². The fraction of sp³-hybridized carbons (Fsp3) is 0.625. The fourth-order valence-corrected chi connectivity index (χ4v) is 1.05. The predicted octanol–water partition coefficient (Wildman–Crippen LogP) is -3.44. The van der Waals surface area contributed by atoms with Gasteiger partial charge in [0.1, 0.15) is 12.2 Å². The zero-order chi connectivity index (χ0) is 14.0. The molecule has 9 nitrogen and oxygen atoms in total. The van der Waals surface area contributed by atoms with Gasteiger partial charge >= 0.3 is 11.9 Å². The van der Waals surface area contributed by atoms with Gasteiger partial charge in [-0.3, -0.25) is 4.79 Å². The second-order valence-corrected chi connectivity index (χ2v) is 3.35. The normalized spacial score (nSPS) is 19.8. The molecule has 0 amide bonds. The van der Waals surface area contributed by atoms with E-state index in [-0.39, 0.29) is 0 Å². The number of aliphatic hydroxyl groups excluding tert-OH is 3. The first-order valence-electron chi connectivity index (χ1n) is 4.30. The lowest BCUT2D eigenvalue weighted by Crippen LogP contribution is -2.62. The van der Waals surface area contributed by atoms with E-state index in [0.29, 0.717) is 6.92 Å². The number of carbonyl (C=O) groups excluding carboxylic acids is 1. The standard InChI is InChI=1S/C8H12O9/c1-2(9)8(17,7(15)16)5(12)3(10)4(11)6(13)14/h3-5,10-12,17H,1H3,(H,13,14)(H,15,16)/t3-,4+,5+,8-/m0/s1. The Hall–Kier alpha value is -1.55. The average molecular weight is 252 g/mol. The van der Waals surface area contributed by atoms with Crippen LogP contribution < -0.4 is 0 Å². The van der Waals surface area contributed by atoms with Crippen LogP contribution in [-0.4, -0.2) is 72.3 Å². The number of carbonyl (C=O) groups is 3. The van der Waals surface area contributed by atoms with Gasteiger partial charge in [0.25, 0.3) is 0 Å². The van der Waals surface area contributed by atoms with Crippen LogP contribution in [0.1, 0.15) is 6.92 Å². The lowest BCUT2D eigenvalue weighted by Gasteiger charge is -2.30. The van der Waals surface area contributed by atoms with Crippen LogP contribution in [0, 0.1) is 0 Å². The molecule has 0 fully saturated rings. The van der Waals surface area contributed by atoms with Gasteiger partial charge in [-0.05, 0) is 6.92 Å². The first-order chi connectivity index (χ1) is 7.56. The molecule has 0 unspecified atom stereocenters. The number of hydrogen-bond donors (Lipinski definition) is 6. The van der Waals surface area contributed by atoms with Crippen molar-refractivity contribution in [1.29, 1.82) is 0 Å². The third kappa shape index (κ3) is 2.77. The van der Waals surface area contributed by atoms with Gasteiger partial charge in [0.05, 0.1) is 0 Å². The molecular formula is C8H12O9. The SMILES string of the molecule is CC(=O)[C@@](O)(C(=O)O)[C@H](O)[C@@H](O)[C@@H](O)C(=O)O. The molecule has 98 valence electrons. The Morgan fingerprint density at radius 3 is 1.71 bits per heavy atom. The molecule has 17 heavy (non-hydrogen) atoms. The van der Waals surface area contributed by atoms with Crippen molar-refractivity contribution in [2.24, 2.45) is 0 Å². The van der Waals surface area contributed by atoms with Gasteiger partial charge in [0.15, 0.2) is 11.9 Å². The van der Waals surface area contributed by atoms with Gasteiger partial charge in [0, 0.05) is 0 Å². The molecular weight excluding hydrogens is 240 g/mol. The molecule has 4 atom stereocenters. The van der Waals surface area contributed by atoms with E-state index < -0.39 is 41.6 Å². The van der Waals surface area contributed by atoms with E-state index >= 15 is 0 Å². The van der Waals surface area contributed by atoms with Gasteiger partial charge < -0.3 is 30.6 Å². The average Bonchev–Trinajstić information content (AvgIpc) is 2.23. The summed E-state index contributed by atoms with van der Waals surface area (Å²) in [7, 11) is 0. The summed E-state index contributed by atoms with van der Waals surface area (Å²) < 4.78 is 0. The number of hydrogen-bond acceptors (Lipinski definition) is 7. The molecule has 0 aliphatic rings. The maximum absolute atomic E-state index is 10.9. The maximum atomic E-state index is 10.9. The number of rotatable bonds is 6. The molecule has 0 aromatic carbocycles. The number of aliphatic hydroxyl groups is 4. The van der Waals surface area contributed by atoms with E-state index in [1.807, 2.05) is 0 Å². The molecule has 0 bridgehead atoms. The summed E-state index contributed by atoms with van der Waals surface area (Å²) in [4.78, 5) is 31.8. The van der Waals surface area contributed by atoms with Gasteiger partial charge in [-0.2, -0.15) is 0 Å². The summed E-state index contributed by atoms with van der Waals surface area (Å²) in [5, 5.41) is 53.5. The number of ketones is 1. The van der Waals surface area contributed by atoms with E-state index in [4.69, 9.17) is 20.4 Å². The minimum Gasteiger partial charge on any atom is -0.479 e. The summed E-state index contributed by atoms with van der Waals surface area (Å²) in [6, 6.07) is 0. The Labute approximate surface area is 94.5 Å². The van der Waals surface area contributed by atoms with Crippen LogP contribution in [0.4, 0.5) is 0 Å². The fourth-order valence-electron chi connectivity index (χ4n) is 1.05. The molecule has 0 aliphatic carbocycles. The zero-order valence-corrected chi connectivity index (χ0v) is 8.64. The first-order valence-corrected chi connectivity index (χ1v) is 4.30. The Morgan fingerprint density at radius 1 is 1.06 bits per heavy atom. The molecule has 0 spiro atoms. The molecule has 0 aromatic heterocycles. The van der Waals surface area contributed by atoms with Crippen molar-refractivity contribution in [1.82, 2.24) is 0 Å². The molecule has 0 saturated heterocycles. The van der Waals surface area contributed by atoms with E-state index in [0.717, 1.165) is 0 Å². The smallest absolute Gasteiger partial charge is 0.346 e. The number of aliphatic carboxylic acids is 2. The van der Waals surface area contributed by atoms with E-state index in [2.05, 4.69) is 0 Å². The lowest BCUT2D eigenvalue weighted by atomic mass is 9.87. The summed E-state index contributed by atoms with van der Waals surface area (Å²) >= 11 is 0. The van der Waals surface area contributed by atoms with E-state index in [1.54, 1.807) is 0 Å². The van der Waals surface area contributed by atoms with Crippen LogP contribution >= 0.6 is 0 Å². The number of carboxylic acids is 2. The third-order valence-corrected chi connectivity index (χ3v) is 2.19. The Balaban J connectivity index is 5.25. The monoisotopic (exact) mass is 252 g/mol. The lowest BCUT2D eigenvalue weighted by molar-refractivity contribution is -0.195. The summed E-state index contributed by atoms with van der Waals surface area (Å²) in [5.41, 5.74) is -3.39. The number of Topliss-reactive ketones (excluding diaryl/α,β-unsaturated/α-hetero) is 1. The highest BCUT2D eigenvalue weighted by molar-refractivity contribution is 6.06. The molecule has 9 heteroatoms. The van der Waals surface area contributed by atoms with E-state index in [9.17, 15) is 24.6 Å².